The Morgan fingerprint density at radius 2 is 2.42 bits per heavy atom. The highest BCUT2D eigenvalue weighted by atomic mass is 32.1. The van der Waals surface area contributed by atoms with Crippen molar-refractivity contribution in [1.29, 1.82) is 0 Å². The van der Waals surface area contributed by atoms with E-state index in [0.717, 1.165) is 12.2 Å². The molecule has 0 aliphatic carbocycles. The zero-order chi connectivity index (χ0) is 8.39. The number of thiazole rings is 1. The first kappa shape index (κ1) is 7.36. The van der Waals surface area contributed by atoms with Crippen LogP contribution in [0.3, 0.4) is 0 Å². The van der Waals surface area contributed by atoms with Crippen LogP contribution in [0.4, 0.5) is 0 Å². The van der Waals surface area contributed by atoms with E-state index >= 15 is 0 Å². The zero-order valence-corrected chi connectivity index (χ0v) is 7.27. The minimum absolute atomic E-state index is 0.717. The molecule has 1 aliphatic heterocycles. The Labute approximate surface area is 74.6 Å². The summed E-state index contributed by atoms with van der Waals surface area (Å²) in [5.41, 5.74) is 9.59. The molecule has 3 nitrogen and oxygen atoms in total. The lowest BCUT2D eigenvalue weighted by molar-refractivity contribution is 0.882. The minimum atomic E-state index is 0.717. The van der Waals surface area contributed by atoms with Gasteiger partial charge < -0.3 is 11.1 Å². The van der Waals surface area contributed by atoms with E-state index in [1.807, 2.05) is 23.0 Å². The van der Waals surface area contributed by atoms with Gasteiger partial charge in [-0.25, -0.2) is 4.98 Å². The van der Waals surface area contributed by atoms with E-state index in [-0.39, 0.29) is 0 Å². The van der Waals surface area contributed by atoms with Crippen LogP contribution in [0.5, 0.6) is 0 Å². The summed E-state index contributed by atoms with van der Waals surface area (Å²) in [4.78, 5) is 4.21. The van der Waals surface area contributed by atoms with Crippen LogP contribution in [0.25, 0.3) is 5.57 Å². The van der Waals surface area contributed by atoms with Crippen molar-refractivity contribution in [1.82, 2.24) is 10.3 Å². The Hall–Kier alpha value is -1.29. The first-order valence-electron chi connectivity index (χ1n) is 3.65. The first-order valence-corrected chi connectivity index (χ1v) is 4.59. The van der Waals surface area contributed by atoms with E-state index in [0.29, 0.717) is 5.82 Å². The average Bonchev–Trinajstić information content (AvgIpc) is 2.58. The molecular weight excluding hydrogens is 170 g/mol. The van der Waals surface area contributed by atoms with Gasteiger partial charge in [0, 0.05) is 11.9 Å². The Bertz CT molecular complexity index is 324. The Kier molecular flexibility index (Phi) is 1.83. The zero-order valence-electron chi connectivity index (χ0n) is 6.45. The molecule has 4 heteroatoms. The van der Waals surface area contributed by atoms with E-state index in [4.69, 9.17) is 5.73 Å². The van der Waals surface area contributed by atoms with Crippen molar-refractivity contribution in [3.8, 4) is 0 Å². The van der Waals surface area contributed by atoms with Crippen molar-refractivity contribution < 1.29 is 0 Å². The maximum atomic E-state index is 5.54. The number of nitrogens with one attached hydrogen (secondary N) is 1. The van der Waals surface area contributed by atoms with E-state index in [1.54, 1.807) is 11.3 Å². The lowest BCUT2D eigenvalue weighted by Gasteiger charge is -2.12. The van der Waals surface area contributed by atoms with Gasteiger partial charge in [-0.2, -0.15) is 0 Å². The molecule has 2 heterocycles. The minimum Gasteiger partial charge on any atom is -0.386 e. The predicted molar refractivity (Wildman–Crippen MR) is 50.4 cm³/mol. The third-order valence-corrected chi connectivity index (χ3v) is 2.29. The van der Waals surface area contributed by atoms with Gasteiger partial charge in [-0.15, -0.1) is 11.3 Å². The third-order valence-electron chi connectivity index (χ3n) is 1.71. The maximum absolute atomic E-state index is 5.54. The summed E-state index contributed by atoms with van der Waals surface area (Å²) >= 11 is 1.60. The normalized spacial score (nSPS) is 16.3. The summed E-state index contributed by atoms with van der Waals surface area (Å²) in [6.07, 6.45) is 3.86. The third kappa shape index (κ3) is 1.33. The smallest absolute Gasteiger partial charge is 0.0962 e. The second-order valence-corrected chi connectivity index (χ2v) is 3.26. The Morgan fingerprint density at radius 3 is 3.00 bits per heavy atom. The van der Waals surface area contributed by atoms with E-state index in [1.165, 1.54) is 5.57 Å². The fourth-order valence-electron chi connectivity index (χ4n) is 1.05. The highest BCUT2D eigenvalue weighted by Crippen LogP contribution is 2.15. The van der Waals surface area contributed by atoms with Gasteiger partial charge in [0.15, 0.2) is 0 Å². The quantitative estimate of drug-likeness (QED) is 0.674. The average molecular weight is 179 g/mol. The van der Waals surface area contributed by atoms with E-state index in [2.05, 4.69) is 10.3 Å². The second kappa shape index (κ2) is 2.98. The van der Waals surface area contributed by atoms with Crippen LogP contribution in [-0.2, 0) is 0 Å². The van der Waals surface area contributed by atoms with Gasteiger partial charge in [-0.1, -0.05) is 6.08 Å². The van der Waals surface area contributed by atoms with E-state index < -0.39 is 0 Å². The van der Waals surface area contributed by atoms with Crippen LogP contribution in [0.1, 0.15) is 5.69 Å². The van der Waals surface area contributed by atoms with Crippen molar-refractivity contribution in [2.45, 2.75) is 0 Å². The predicted octanol–water partition coefficient (Wildman–Crippen LogP) is 0.930. The second-order valence-electron chi connectivity index (χ2n) is 2.54. The largest absolute Gasteiger partial charge is 0.386 e. The molecule has 1 aliphatic rings. The molecule has 0 radical (unpaired) electrons. The van der Waals surface area contributed by atoms with Gasteiger partial charge >= 0.3 is 0 Å². The molecule has 1 aromatic rings. The summed E-state index contributed by atoms with van der Waals surface area (Å²) in [5.74, 6) is 0.717. The lowest BCUT2D eigenvalue weighted by atomic mass is 10.1. The number of dihydropyridines is 1. The molecule has 0 bridgehead atoms. The molecular formula is C8H9N3S. The topological polar surface area (TPSA) is 50.9 Å². The lowest BCUT2D eigenvalue weighted by Crippen LogP contribution is -2.24. The molecule has 0 aromatic carbocycles. The summed E-state index contributed by atoms with van der Waals surface area (Å²) in [6, 6.07) is 0. The van der Waals surface area contributed by atoms with Gasteiger partial charge in [0.05, 0.1) is 17.0 Å². The first-order chi connectivity index (χ1) is 5.86. The maximum Gasteiger partial charge on any atom is 0.0962 e. The number of hydrogen-bond acceptors (Lipinski definition) is 4. The Morgan fingerprint density at radius 1 is 1.50 bits per heavy atom. The van der Waals surface area contributed by atoms with Crippen LogP contribution in [-0.4, -0.2) is 11.5 Å². The van der Waals surface area contributed by atoms with Crippen LogP contribution in [0.2, 0.25) is 0 Å². The van der Waals surface area contributed by atoms with Gasteiger partial charge in [-0.3, -0.25) is 0 Å². The molecule has 0 atom stereocenters. The number of allylic oxidation sites excluding steroid dienone is 2. The number of rotatable bonds is 1. The number of nitrogens with zero attached hydrogens (tertiary/aromatic N) is 1. The van der Waals surface area contributed by atoms with Crippen molar-refractivity contribution >= 4 is 16.9 Å². The van der Waals surface area contributed by atoms with Gasteiger partial charge in [0.2, 0.25) is 0 Å². The molecule has 1 aromatic heterocycles. The monoisotopic (exact) mass is 179 g/mol. The Balaban J connectivity index is 2.27. The molecule has 0 spiro atoms. The van der Waals surface area contributed by atoms with Gasteiger partial charge in [0.1, 0.15) is 0 Å². The fraction of sp³-hybridized carbons (Fsp3) is 0.125. The molecule has 0 unspecified atom stereocenters. The van der Waals surface area contributed by atoms with Crippen LogP contribution < -0.4 is 11.1 Å². The number of aromatic nitrogens is 1. The van der Waals surface area contributed by atoms with Crippen molar-refractivity contribution in [3.63, 3.8) is 0 Å². The molecule has 3 N–H and O–H groups in total. The number of hydrogen-bond donors (Lipinski definition) is 2. The summed E-state index contributed by atoms with van der Waals surface area (Å²) in [6.45, 7) is 0.770. The van der Waals surface area contributed by atoms with Crippen LogP contribution >= 0.6 is 11.3 Å². The molecule has 0 fully saturated rings. The molecule has 12 heavy (non-hydrogen) atoms. The molecule has 0 saturated heterocycles. The summed E-state index contributed by atoms with van der Waals surface area (Å²) in [7, 11) is 0. The summed E-state index contributed by atoms with van der Waals surface area (Å²) < 4.78 is 0. The van der Waals surface area contributed by atoms with E-state index in [9.17, 15) is 0 Å². The van der Waals surface area contributed by atoms with Gasteiger partial charge in [-0.05, 0) is 11.6 Å². The van der Waals surface area contributed by atoms with Crippen LogP contribution in [0, 0.1) is 0 Å². The molecule has 0 saturated carbocycles. The fourth-order valence-corrected chi connectivity index (χ4v) is 1.63. The standard InChI is InChI=1S/C8H9N3S/c9-8-2-1-6(3-10-8)7-4-12-5-11-7/h1-2,4-5,10H,3,9H2. The van der Waals surface area contributed by atoms with Crippen LogP contribution in [0.15, 0.2) is 28.9 Å². The molecule has 2 rings (SSSR count). The SMILES string of the molecule is NC1=CC=C(c2cscn2)CN1. The molecule has 62 valence electrons. The summed E-state index contributed by atoms with van der Waals surface area (Å²) in [5, 5.41) is 5.09. The van der Waals surface area contributed by atoms with Gasteiger partial charge in [0.25, 0.3) is 0 Å². The van der Waals surface area contributed by atoms with Crippen molar-refractivity contribution in [2.24, 2.45) is 5.73 Å². The van der Waals surface area contributed by atoms with Crippen molar-refractivity contribution in [2.75, 3.05) is 6.54 Å². The highest BCUT2D eigenvalue weighted by Gasteiger charge is 2.05. The highest BCUT2D eigenvalue weighted by molar-refractivity contribution is 7.07. The molecule has 0 amide bonds. The number of nitrogens with two attached hydrogens (primary N) is 1. The van der Waals surface area contributed by atoms with Crippen molar-refractivity contribution in [3.05, 3.63) is 34.6 Å².